The van der Waals surface area contributed by atoms with Gasteiger partial charge in [0.1, 0.15) is 11.5 Å². The standard InChI is InChI=1S/C22H25N3O3/c1-5-27-18-11-12-21(28-6-2)20(13-18)24-22(26)19-14-23-25(16(19)4)17-9-7-15(3)8-10-17/h7-14H,5-6H2,1-4H3,(H,24,26). The number of aromatic nitrogens is 2. The lowest BCUT2D eigenvalue weighted by Crippen LogP contribution is -2.14. The van der Waals surface area contributed by atoms with Crippen LogP contribution in [0.1, 0.15) is 35.5 Å². The molecule has 0 bridgehead atoms. The number of ether oxygens (including phenoxy) is 2. The predicted octanol–water partition coefficient (Wildman–Crippen LogP) is 4.54. The largest absolute Gasteiger partial charge is 0.494 e. The average molecular weight is 379 g/mol. The van der Waals surface area contributed by atoms with Crippen molar-refractivity contribution in [1.82, 2.24) is 9.78 Å². The van der Waals surface area contributed by atoms with Crippen LogP contribution in [0, 0.1) is 13.8 Å². The van der Waals surface area contributed by atoms with E-state index in [1.807, 2.05) is 58.0 Å². The molecule has 2 aromatic carbocycles. The van der Waals surface area contributed by atoms with Crippen LogP contribution >= 0.6 is 0 Å². The molecule has 146 valence electrons. The number of anilines is 1. The normalized spacial score (nSPS) is 10.6. The molecule has 0 unspecified atom stereocenters. The second-order valence-corrected chi connectivity index (χ2v) is 6.37. The molecule has 0 atom stereocenters. The van der Waals surface area contributed by atoms with Gasteiger partial charge in [-0.2, -0.15) is 5.10 Å². The fourth-order valence-electron chi connectivity index (χ4n) is 2.91. The Balaban J connectivity index is 1.87. The number of nitrogens with one attached hydrogen (secondary N) is 1. The van der Waals surface area contributed by atoms with E-state index in [2.05, 4.69) is 10.4 Å². The first-order chi connectivity index (χ1) is 13.5. The van der Waals surface area contributed by atoms with Crippen molar-refractivity contribution in [2.75, 3.05) is 18.5 Å². The molecule has 1 N–H and O–H groups in total. The van der Waals surface area contributed by atoms with Crippen molar-refractivity contribution in [3.05, 3.63) is 65.5 Å². The fourth-order valence-corrected chi connectivity index (χ4v) is 2.91. The predicted molar refractivity (Wildman–Crippen MR) is 110 cm³/mol. The molecule has 1 heterocycles. The Morgan fingerprint density at radius 2 is 1.75 bits per heavy atom. The molecule has 0 aliphatic heterocycles. The van der Waals surface area contributed by atoms with Crippen molar-refractivity contribution in [3.63, 3.8) is 0 Å². The van der Waals surface area contributed by atoms with E-state index in [-0.39, 0.29) is 5.91 Å². The van der Waals surface area contributed by atoms with Crippen molar-refractivity contribution in [1.29, 1.82) is 0 Å². The monoisotopic (exact) mass is 379 g/mol. The van der Waals surface area contributed by atoms with Crippen LogP contribution in [0.5, 0.6) is 11.5 Å². The number of nitrogens with zero attached hydrogens (tertiary/aromatic N) is 2. The highest BCUT2D eigenvalue weighted by Gasteiger charge is 2.17. The van der Waals surface area contributed by atoms with E-state index < -0.39 is 0 Å². The summed E-state index contributed by atoms with van der Waals surface area (Å²) in [5.74, 6) is 1.03. The van der Waals surface area contributed by atoms with Gasteiger partial charge in [0, 0.05) is 6.07 Å². The number of carbonyl (C=O) groups is 1. The van der Waals surface area contributed by atoms with Gasteiger partial charge < -0.3 is 14.8 Å². The third kappa shape index (κ3) is 4.17. The average Bonchev–Trinajstić information content (AvgIpc) is 3.06. The van der Waals surface area contributed by atoms with Crippen molar-refractivity contribution in [2.45, 2.75) is 27.7 Å². The molecule has 0 fully saturated rings. The summed E-state index contributed by atoms with van der Waals surface area (Å²) in [7, 11) is 0. The molecule has 0 aliphatic carbocycles. The molecule has 0 saturated heterocycles. The highest BCUT2D eigenvalue weighted by atomic mass is 16.5. The molecule has 3 aromatic rings. The Hall–Kier alpha value is -3.28. The third-order valence-corrected chi connectivity index (χ3v) is 4.34. The highest BCUT2D eigenvalue weighted by molar-refractivity contribution is 6.05. The second kappa shape index (κ2) is 8.61. The lowest BCUT2D eigenvalue weighted by molar-refractivity contribution is 0.102. The molecular weight excluding hydrogens is 354 g/mol. The van der Waals surface area contributed by atoms with Gasteiger partial charge in [-0.05, 0) is 52.0 Å². The van der Waals surface area contributed by atoms with Gasteiger partial charge in [0.25, 0.3) is 5.91 Å². The van der Waals surface area contributed by atoms with Gasteiger partial charge >= 0.3 is 0 Å². The molecule has 3 rings (SSSR count). The van der Waals surface area contributed by atoms with Gasteiger partial charge in [0.15, 0.2) is 0 Å². The van der Waals surface area contributed by atoms with Crippen LogP contribution in [-0.2, 0) is 0 Å². The molecular formula is C22H25N3O3. The van der Waals surface area contributed by atoms with Crippen molar-refractivity contribution < 1.29 is 14.3 Å². The minimum atomic E-state index is -0.245. The molecule has 0 saturated carbocycles. The van der Waals surface area contributed by atoms with E-state index in [4.69, 9.17) is 9.47 Å². The first-order valence-corrected chi connectivity index (χ1v) is 9.36. The minimum Gasteiger partial charge on any atom is -0.494 e. The zero-order valence-corrected chi connectivity index (χ0v) is 16.7. The number of benzene rings is 2. The first kappa shape index (κ1) is 19.5. The summed E-state index contributed by atoms with van der Waals surface area (Å²) in [6.07, 6.45) is 1.58. The summed E-state index contributed by atoms with van der Waals surface area (Å²) in [5, 5.41) is 7.31. The summed E-state index contributed by atoms with van der Waals surface area (Å²) in [6, 6.07) is 13.4. The number of hydrogen-bond acceptors (Lipinski definition) is 4. The minimum absolute atomic E-state index is 0.245. The lowest BCUT2D eigenvalue weighted by Gasteiger charge is -2.13. The number of aryl methyl sites for hydroxylation is 1. The van der Waals surface area contributed by atoms with Gasteiger partial charge in [-0.15, -0.1) is 0 Å². The number of rotatable bonds is 7. The van der Waals surface area contributed by atoms with Crippen LogP contribution in [0.15, 0.2) is 48.7 Å². The quantitative estimate of drug-likeness (QED) is 0.655. The zero-order valence-electron chi connectivity index (χ0n) is 16.7. The van der Waals surface area contributed by atoms with Crippen LogP contribution < -0.4 is 14.8 Å². The number of hydrogen-bond donors (Lipinski definition) is 1. The second-order valence-electron chi connectivity index (χ2n) is 6.37. The van der Waals surface area contributed by atoms with Crippen LogP contribution in [-0.4, -0.2) is 28.9 Å². The summed E-state index contributed by atoms with van der Waals surface area (Å²) >= 11 is 0. The van der Waals surface area contributed by atoms with Crippen molar-refractivity contribution >= 4 is 11.6 Å². The Morgan fingerprint density at radius 3 is 2.43 bits per heavy atom. The molecule has 28 heavy (non-hydrogen) atoms. The third-order valence-electron chi connectivity index (χ3n) is 4.34. The molecule has 1 amide bonds. The lowest BCUT2D eigenvalue weighted by atomic mass is 10.2. The number of carbonyl (C=O) groups excluding carboxylic acids is 1. The van der Waals surface area contributed by atoms with E-state index in [0.29, 0.717) is 36.0 Å². The van der Waals surface area contributed by atoms with Gasteiger partial charge in [0.2, 0.25) is 0 Å². The molecule has 1 aromatic heterocycles. The van der Waals surface area contributed by atoms with E-state index in [1.165, 1.54) is 5.56 Å². The van der Waals surface area contributed by atoms with Gasteiger partial charge in [0.05, 0.1) is 42.0 Å². The van der Waals surface area contributed by atoms with Gasteiger partial charge in [-0.25, -0.2) is 4.68 Å². The van der Waals surface area contributed by atoms with Crippen LogP contribution in [0.2, 0.25) is 0 Å². The maximum Gasteiger partial charge on any atom is 0.259 e. The Morgan fingerprint density at radius 1 is 1.04 bits per heavy atom. The molecule has 0 radical (unpaired) electrons. The highest BCUT2D eigenvalue weighted by Crippen LogP contribution is 2.30. The fraction of sp³-hybridized carbons (Fsp3) is 0.273. The number of amides is 1. The van der Waals surface area contributed by atoms with E-state index in [1.54, 1.807) is 23.0 Å². The topological polar surface area (TPSA) is 65.4 Å². The van der Waals surface area contributed by atoms with Gasteiger partial charge in [-0.1, -0.05) is 17.7 Å². The smallest absolute Gasteiger partial charge is 0.259 e. The summed E-state index contributed by atoms with van der Waals surface area (Å²) in [4.78, 5) is 12.9. The Bertz CT molecular complexity index is 962. The maximum atomic E-state index is 12.9. The first-order valence-electron chi connectivity index (χ1n) is 9.36. The Kier molecular flexibility index (Phi) is 5.99. The molecule has 6 nitrogen and oxygen atoms in total. The molecule has 0 aliphatic rings. The Labute approximate surface area is 165 Å². The van der Waals surface area contributed by atoms with Crippen LogP contribution in [0.3, 0.4) is 0 Å². The summed E-state index contributed by atoms with van der Waals surface area (Å²) in [5.41, 5.74) is 3.92. The van der Waals surface area contributed by atoms with Gasteiger partial charge in [-0.3, -0.25) is 4.79 Å². The van der Waals surface area contributed by atoms with Crippen LogP contribution in [0.4, 0.5) is 5.69 Å². The van der Waals surface area contributed by atoms with E-state index >= 15 is 0 Å². The molecule has 0 spiro atoms. The zero-order chi connectivity index (χ0) is 20.1. The SMILES string of the molecule is CCOc1ccc(OCC)c(NC(=O)c2cnn(-c3ccc(C)cc3)c2C)c1. The summed E-state index contributed by atoms with van der Waals surface area (Å²) in [6.45, 7) is 8.77. The van der Waals surface area contributed by atoms with E-state index in [9.17, 15) is 4.79 Å². The van der Waals surface area contributed by atoms with E-state index in [0.717, 1.165) is 11.4 Å². The molecule has 6 heteroatoms. The van der Waals surface area contributed by atoms with Crippen molar-refractivity contribution in [2.24, 2.45) is 0 Å². The van der Waals surface area contributed by atoms with Crippen molar-refractivity contribution in [3.8, 4) is 17.2 Å². The maximum absolute atomic E-state index is 12.9. The summed E-state index contributed by atoms with van der Waals surface area (Å²) < 4.78 is 12.9. The van der Waals surface area contributed by atoms with Crippen LogP contribution in [0.25, 0.3) is 5.69 Å².